The van der Waals surface area contributed by atoms with Crippen molar-refractivity contribution >= 4 is 44.6 Å². The molecule has 1 aliphatic carbocycles. The normalized spacial score (nSPS) is 15.7. The van der Waals surface area contributed by atoms with Crippen molar-refractivity contribution < 1.29 is 0 Å². The van der Waals surface area contributed by atoms with E-state index in [0.717, 1.165) is 46.5 Å². The van der Waals surface area contributed by atoms with Crippen LogP contribution in [-0.2, 0) is 0 Å². The Morgan fingerprint density at radius 3 is 2.29 bits per heavy atom. The summed E-state index contributed by atoms with van der Waals surface area (Å²) in [5.41, 5.74) is 9.38. The van der Waals surface area contributed by atoms with E-state index < -0.39 is 0 Å². The fourth-order valence-corrected chi connectivity index (χ4v) is 7.40. The summed E-state index contributed by atoms with van der Waals surface area (Å²) >= 11 is 0. The number of hydrogen-bond acceptors (Lipinski definition) is 3. The standard InChI is InChI=1S/C45H33N3/c1-3-19-37-30(11-1)13-9-23-41(37)45-47-29-43(33-16-7-14-31(25-33)36-18-10-24-46-28-36)44(48-45)35-17-8-15-32(26-35)42-27-34-12-2-4-20-38(34)39-21-5-6-22-40(39)42/h1-8,10-22,24-29,44H,9,23H2,(H,47,48). The molecule has 3 heteroatoms. The summed E-state index contributed by atoms with van der Waals surface area (Å²) in [6.45, 7) is 0. The molecule has 1 N–H and O–H groups in total. The van der Waals surface area contributed by atoms with E-state index in [1.165, 1.54) is 48.7 Å². The molecule has 1 atom stereocenters. The zero-order valence-electron chi connectivity index (χ0n) is 26.5. The minimum atomic E-state index is -0.192. The lowest BCUT2D eigenvalue weighted by molar-refractivity contribution is 0.893. The van der Waals surface area contributed by atoms with Crippen LogP contribution >= 0.6 is 0 Å². The third-order valence-corrected chi connectivity index (χ3v) is 9.72. The first kappa shape index (κ1) is 28.2. The van der Waals surface area contributed by atoms with Gasteiger partial charge in [0.25, 0.3) is 0 Å². The second-order valence-corrected chi connectivity index (χ2v) is 12.6. The average Bonchev–Trinajstić information content (AvgIpc) is 3.17. The fraction of sp³-hybridized carbons (Fsp3) is 0.0667. The van der Waals surface area contributed by atoms with E-state index >= 15 is 0 Å². The SMILES string of the molecule is C1=C(c2cccc(-c3cccnc3)c2)C(c2cccc(-c3cc4ccccc4c4ccccc34)c2)N=C(C2=c3ccccc3=CCC2)N1. The Labute approximate surface area is 280 Å². The molecule has 0 spiro atoms. The van der Waals surface area contributed by atoms with E-state index in [0.29, 0.717) is 0 Å². The lowest BCUT2D eigenvalue weighted by Crippen LogP contribution is -2.36. The molecule has 0 fully saturated rings. The number of aromatic nitrogens is 1. The molecule has 0 bridgehead atoms. The van der Waals surface area contributed by atoms with Crippen LogP contribution in [0.2, 0.25) is 0 Å². The minimum Gasteiger partial charge on any atom is -0.346 e. The van der Waals surface area contributed by atoms with E-state index in [1.807, 2.05) is 18.5 Å². The molecular weight excluding hydrogens is 583 g/mol. The molecule has 1 aliphatic heterocycles. The monoisotopic (exact) mass is 615 g/mol. The number of amidine groups is 1. The number of pyridine rings is 1. The van der Waals surface area contributed by atoms with E-state index in [-0.39, 0.29) is 6.04 Å². The van der Waals surface area contributed by atoms with Crippen LogP contribution in [0.1, 0.15) is 30.0 Å². The van der Waals surface area contributed by atoms with Gasteiger partial charge in [0.05, 0.1) is 0 Å². The van der Waals surface area contributed by atoms with Gasteiger partial charge in [-0.15, -0.1) is 0 Å². The molecule has 9 rings (SSSR count). The van der Waals surface area contributed by atoms with Crippen LogP contribution in [-0.4, -0.2) is 10.8 Å². The van der Waals surface area contributed by atoms with Crippen LogP contribution in [0.5, 0.6) is 0 Å². The molecule has 1 unspecified atom stereocenters. The molecule has 1 aromatic heterocycles. The first-order valence-electron chi connectivity index (χ1n) is 16.6. The molecule has 2 heterocycles. The van der Waals surface area contributed by atoms with Gasteiger partial charge in [0.15, 0.2) is 0 Å². The van der Waals surface area contributed by atoms with Crippen LogP contribution in [0, 0.1) is 0 Å². The van der Waals surface area contributed by atoms with Crippen molar-refractivity contribution in [1.29, 1.82) is 0 Å². The number of aliphatic imine (C=N–C) groups is 1. The van der Waals surface area contributed by atoms with E-state index in [2.05, 4.69) is 156 Å². The third-order valence-electron chi connectivity index (χ3n) is 9.72. The van der Waals surface area contributed by atoms with Crippen molar-refractivity contribution in [3.05, 3.63) is 180 Å². The Hall–Kier alpha value is -6.06. The Morgan fingerprint density at radius 1 is 0.604 bits per heavy atom. The zero-order valence-corrected chi connectivity index (χ0v) is 26.5. The lowest BCUT2D eigenvalue weighted by Gasteiger charge is -2.26. The maximum Gasteiger partial charge on any atom is 0.129 e. The Balaban J connectivity index is 1.22. The summed E-state index contributed by atoms with van der Waals surface area (Å²) in [6.07, 6.45) is 10.2. The van der Waals surface area contributed by atoms with Gasteiger partial charge in [-0.2, -0.15) is 0 Å². The van der Waals surface area contributed by atoms with Crippen molar-refractivity contribution in [2.24, 2.45) is 4.99 Å². The largest absolute Gasteiger partial charge is 0.346 e. The quantitative estimate of drug-likeness (QED) is 0.196. The van der Waals surface area contributed by atoms with E-state index in [4.69, 9.17) is 4.99 Å². The van der Waals surface area contributed by atoms with Gasteiger partial charge in [0.1, 0.15) is 11.9 Å². The number of nitrogens with one attached hydrogen (secondary N) is 1. The first-order valence-corrected chi connectivity index (χ1v) is 16.6. The number of benzene rings is 6. The second kappa shape index (κ2) is 11.9. The summed E-state index contributed by atoms with van der Waals surface area (Å²) in [5, 5.41) is 11.3. The van der Waals surface area contributed by atoms with Crippen LogP contribution < -0.4 is 15.8 Å². The van der Waals surface area contributed by atoms with Crippen molar-refractivity contribution in [3.63, 3.8) is 0 Å². The summed E-state index contributed by atoms with van der Waals surface area (Å²) in [4.78, 5) is 9.93. The molecule has 6 aromatic carbocycles. The second-order valence-electron chi connectivity index (χ2n) is 12.6. The van der Waals surface area contributed by atoms with Gasteiger partial charge in [0, 0.05) is 35.3 Å². The molecule has 228 valence electrons. The lowest BCUT2D eigenvalue weighted by atomic mass is 9.88. The highest BCUT2D eigenvalue weighted by Crippen LogP contribution is 2.40. The summed E-state index contributed by atoms with van der Waals surface area (Å²) in [6, 6.07) is 50.1. The Morgan fingerprint density at radius 2 is 1.38 bits per heavy atom. The van der Waals surface area contributed by atoms with Crippen molar-refractivity contribution in [2.45, 2.75) is 18.9 Å². The molecule has 0 radical (unpaired) electrons. The summed E-state index contributed by atoms with van der Waals surface area (Å²) in [7, 11) is 0. The number of fused-ring (bicyclic) bond motifs is 4. The maximum atomic E-state index is 5.56. The first-order chi connectivity index (χ1) is 23.8. The Bertz CT molecular complexity index is 2540. The number of hydrogen-bond donors (Lipinski definition) is 1. The van der Waals surface area contributed by atoms with Gasteiger partial charge in [-0.3, -0.25) is 9.98 Å². The van der Waals surface area contributed by atoms with Gasteiger partial charge in [-0.25, -0.2) is 0 Å². The highest BCUT2D eigenvalue weighted by Gasteiger charge is 2.25. The van der Waals surface area contributed by atoms with Crippen LogP contribution in [0.3, 0.4) is 0 Å². The van der Waals surface area contributed by atoms with Crippen LogP contribution in [0.4, 0.5) is 0 Å². The Kier molecular flexibility index (Phi) is 7.01. The summed E-state index contributed by atoms with van der Waals surface area (Å²) < 4.78 is 0. The van der Waals surface area contributed by atoms with Crippen molar-refractivity contribution in [3.8, 4) is 22.3 Å². The topological polar surface area (TPSA) is 37.3 Å². The third kappa shape index (κ3) is 5.01. The zero-order chi connectivity index (χ0) is 31.9. The molecule has 3 nitrogen and oxygen atoms in total. The molecular formula is C45H33N3. The van der Waals surface area contributed by atoms with Gasteiger partial charge in [-0.05, 0) is 96.9 Å². The van der Waals surface area contributed by atoms with Gasteiger partial charge in [-0.1, -0.05) is 121 Å². The fourth-order valence-electron chi connectivity index (χ4n) is 7.40. The minimum absolute atomic E-state index is 0.192. The summed E-state index contributed by atoms with van der Waals surface area (Å²) in [5.74, 6) is 0.953. The highest BCUT2D eigenvalue weighted by atomic mass is 15.0. The average molecular weight is 616 g/mol. The molecule has 0 saturated heterocycles. The molecule has 2 aliphatic rings. The maximum absolute atomic E-state index is 5.56. The van der Waals surface area contributed by atoms with Crippen LogP contribution in [0.15, 0.2) is 163 Å². The van der Waals surface area contributed by atoms with Crippen molar-refractivity contribution in [2.75, 3.05) is 0 Å². The molecule has 7 aromatic rings. The molecule has 0 amide bonds. The molecule has 48 heavy (non-hydrogen) atoms. The predicted molar refractivity (Wildman–Crippen MR) is 201 cm³/mol. The smallest absolute Gasteiger partial charge is 0.129 e. The van der Waals surface area contributed by atoms with Crippen molar-refractivity contribution in [1.82, 2.24) is 10.3 Å². The van der Waals surface area contributed by atoms with Gasteiger partial charge < -0.3 is 5.32 Å². The predicted octanol–water partition coefficient (Wildman–Crippen LogP) is 9.23. The number of rotatable bonds is 5. The van der Waals surface area contributed by atoms with E-state index in [9.17, 15) is 0 Å². The van der Waals surface area contributed by atoms with Gasteiger partial charge >= 0.3 is 0 Å². The van der Waals surface area contributed by atoms with Gasteiger partial charge in [0.2, 0.25) is 0 Å². The number of nitrogens with zero attached hydrogens (tertiary/aromatic N) is 2. The molecule has 0 saturated carbocycles. The van der Waals surface area contributed by atoms with Crippen LogP contribution in [0.25, 0.3) is 61.0 Å². The highest BCUT2D eigenvalue weighted by molar-refractivity contribution is 6.19. The van der Waals surface area contributed by atoms with E-state index in [1.54, 1.807) is 0 Å².